The predicted octanol–water partition coefficient (Wildman–Crippen LogP) is 4.74. The zero-order valence-corrected chi connectivity index (χ0v) is 26.1. The van der Waals surface area contributed by atoms with E-state index in [1.54, 1.807) is 19.2 Å². The van der Waals surface area contributed by atoms with Crippen molar-refractivity contribution in [3.05, 3.63) is 36.4 Å². The van der Waals surface area contributed by atoms with Crippen LogP contribution in [0.5, 0.6) is 5.75 Å². The number of aromatic nitrogens is 5. The number of rotatable bonds is 6. The molecule has 0 bridgehead atoms. The number of anilines is 3. The maximum Gasteiger partial charge on any atom is 0.325 e. The summed E-state index contributed by atoms with van der Waals surface area (Å²) in [5, 5.41) is 15.3. The number of nitrogens with zero attached hydrogens (tertiary/aromatic N) is 7. The number of urea groups is 1. The number of ether oxygens (including phenoxy) is 1. The fraction of sp³-hybridized carbons (Fsp3) is 0.516. The van der Waals surface area contributed by atoms with Crippen molar-refractivity contribution in [3.8, 4) is 17.0 Å². The molecule has 0 unspecified atom stereocenters. The van der Waals surface area contributed by atoms with Gasteiger partial charge in [0.25, 0.3) is 0 Å². The molecule has 1 aliphatic heterocycles. The summed E-state index contributed by atoms with van der Waals surface area (Å²) in [6, 6.07) is 7.60. The monoisotopic (exact) mass is 602 g/mol. The van der Waals surface area contributed by atoms with Crippen LogP contribution in [0.15, 0.2) is 35.1 Å². The summed E-state index contributed by atoms with van der Waals surface area (Å²) in [6.07, 6.45) is 5.82. The van der Waals surface area contributed by atoms with Crippen molar-refractivity contribution in [2.45, 2.75) is 64.0 Å². The number of amides is 2. The lowest BCUT2D eigenvalue weighted by molar-refractivity contribution is 0.0815. The van der Waals surface area contributed by atoms with Gasteiger partial charge in [-0.2, -0.15) is 5.10 Å². The third kappa shape index (κ3) is 6.06. The maximum atomic E-state index is 12.8. The number of nitrogen functional groups attached to an aromatic ring is 1. The van der Waals surface area contributed by atoms with Crippen molar-refractivity contribution in [3.63, 3.8) is 0 Å². The van der Waals surface area contributed by atoms with Gasteiger partial charge in [0, 0.05) is 49.3 Å². The molecule has 2 fully saturated rings. The number of carbonyl (C=O) groups is 1. The largest absolute Gasteiger partial charge is 0.495 e. The number of piperazine rings is 1. The Morgan fingerprint density at radius 1 is 1.02 bits per heavy atom. The first kappa shape index (κ1) is 29.8. The number of hydrogen-bond donors (Lipinski definition) is 3. The van der Waals surface area contributed by atoms with E-state index in [0.717, 1.165) is 68.5 Å². The molecular formula is C31H42N10O3. The Kier molecular flexibility index (Phi) is 8.16. The van der Waals surface area contributed by atoms with E-state index in [1.807, 2.05) is 37.6 Å². The normalized spacial score (nSPS) is 20.1. The lowest BCUT2D eigenvalue weighted by Crippen LogP contribution is -2.49. The average Bonchev–Trinajstić information content (AvgIpc) is 3.64. The first-order valence-electron chi connectivity index (χ1n) is 15.3. The summed E-state index contributed by atoms with van der Waals surface area (Å²) >= 11 is 0. The van der Waals surface area contributed by atoms with Crippen LogP contribution in [0, 0.1) is 0 Å². The van der Waals surface area contributed by atoms with E-state index in [9.17, 15) is 4.79 Å². The SMILES string of the molecule is COc1cc(-c2nn(C3CCC(N4CCN(C)CC4)CC3)c3ncnc(N)c23)ccc1NC(=O)Nc1cc(C(C)(C)C)on1. The lowest BCUT2D eigenvalue weighted by atomic mass is 9.90. The second-order valence-corrected chi connectivity index (χ2v) is 12.9. The highest BCUT2D eigenvalue weighted by Gasteiger charge is 2.31. The molecule has 2 aliphatic rings. The summed E-state index contributed by atoms with van der Waals surface area (Å²) in [5.74, 6) is 1.85. The molecule has 1 aromatic carbocycles. The Hall–Kier alpha value is -4.23. The third-order valence-corrected chi connectivity index (χ3v) is 8.80. The van der Waals surface area contributed by atoms with E-state index in [-0.39, 0.29) is 11.5 Å². The predicted molar refractivity (Wildman–Crippen MR) is 170 cm³/mol. The van der Waals surface area contributed by atoms with Gasteiger partial charge in [0.2, 0.25) is 0 Å². The number of carbonyl (C=O) groups excluding carboxylic acids is 1. The number of methoxy groups -OCH3 is 1. The molecule has 2 amide bonds. The number of benzene rings is 1. The van der Waals surface area contributed by atoms with E-state index in [2.05, 4.69) is 42.6 Å². The number of likely N-dealkylation sites (N-methyl/N-ethyl adjacent to an activating group) is 1. The van der Waals surface area contributed by atoms with Crippen molar-refractivity contribution in [1.82, 2.24) is 34.7 Å². The molecule has 0 spiro atoms. The highest BCUT2D eigenvalue weighted by atomic mass is 16.5. The Morgan fingerprint density at radius 3 is 2.43 bits per heavy atom. The van der Waals surface area contributed by atoms with Gasteiger partial charge in [0.05, 0.1) is 24.2 Å². The molecule has 6 rings (SSSR count). The standard InChI is InChI=1S/C31H42N10O3/c1-31(2,3)24-17-25(38-44-24)36-30(42)35-22-11-6-19(16-23(22)43-5)27-26-28(32)33-18-34-29(26)41(37-27)21-9-7-20(8-10-21)40-14-12-39(4)13-15-40/h6,11,16-18,20-21H,7-10,12-15H2,1-5H3,(H2,32,33,34)(H2,35,36,38,42). The molecular weight excluding hydrogens is 560 g/mol. The van der Waals surface area contributed by atoms with E-state index >= 15 is 0 Å². The smallest absolute Gasteiger partial charge is 0.325 e. The Balaban J connectivity index is 1.21. The molecule has 44 heavy (non-hydrogen) atoms. The summed E-state index contributed by atoms with van der Waals surface area (Å²) in [7, 11) is 3.75. The Labute approximate surface area is 257 Å². The van der Waals surface area contributed by atoms with Crippen LogP contribution in [0.2, 0.25) is 0 Å². The van der Waals surface area contributed by atoms with Gasteiger partial charge in [-0.15, -0.1) is 0 Å². The minimum atomic E-state index is -0.468. The zero-order valence-electron chi connectivity index (χ0n) is 26.1. The van der Waals surface area contributed by atoms with Crippen molar-refractivity contribution < 1.29 is 14.1 Å². The third-order valence-electron chi connectivity index (χ3n) is 8.80. The van der Waals surface area contributed by atoms with Crippen molar-refractivity contribution >= 4 is 34.4 Å². The van der Waals surface area contributed by atoms with Crippen molar-refractivity contribution in [2.24, 2.45) is 0 Å². The van der Waals surface area contributed by atoms with Crippen LogP contribution in [-0.2, 0) is 5.41 Å². The van der Waals surface area contributed by atoms with Gasteiger partial charge in [-0.05, 0) is 44.9 Å². The summed E-state index contributed by atoms with van der Waals surface area (Å²) in [4.78, 5) is 26.7. The fourth-order valence-corrected chi connectivity index (χ4v) is 6.21. The van der Waals surface area contributed by atoms with Crippen LogP contribution in [-0.4, -0.2) is 87.1 Å². The minimum absolute atomic E-state index is 0.224. The highest BCUT2D eigenvalue weighted by molar-refractivity contribution is 6.01. The van der Waals surface area contributed by atoms with E-state index in [0.29, 0.717) is 40.6 Å². The molecule has 4 heterocycles. The molecule has 13 nitrogen and oxygen atoms in total. The zero-order chi connectivity index (χ0) is 31.0. The Morgan fingerprint density at radius 2 is 1.75 bits per heavy atom. The Bertz CT molecular complexity index is 1630. The molecule has 3 aromatic heterocycles. The summed E-state index contributed by atoms with van der Waals surface area (Å²) in [5.41, 5.74) is 8.88. The van der Waals surface area contributed by atoms with Crippen LogP contribution >= 0.6 is 0 Å². The quantitative estimate of drug-likeness (QED) is 0.282. The van der Waals surface area contributed by atoms with Crippen LogP contribution in [0.25, 0.3) is 22.3 Å². The molecule has 1 saturated heterocycles. The second kappa shape index (κ2) is 12.0. The first-order valence-corrected chi connectivity index (χ1v) is 15.3. The minimum Gasteiger partial charge on any atom is -0.495 e. The van der Waals surface area contributed by atoms with Gasteiger partial charge in [0.15, 0.2) is 11.5 Å². The van der Waals surface area contributed by atoms with Crippen LogP contribution in [0.3, 0.4) is 0 Å². The fourth-order valence-electron chi connectivity index (χ4n) is 6.21. The molecule has 4 N–H and O–H groups in total. The topological polar surface area (TPSA) is 152 Å². The van der Waals surface area contributed by atoms with Gasteiger partial charge in [-0.3, -0.25) is 10.2 Å². The van der Waals surface area contributed by atoms with Gasteiger partial charge in [-0.25, -0.2) is 19.4 Å². The maximum absolute atomic E-state index is 12.8. The molecule has 1 saturated carbocycles. The van der Waals surface area contributed by atoms with E-state index in [1.165, 1.54) is 6.33 Å². The molecule has 13 heteroatoms. The molecule has 4 aromatic rings. The van der Waals surface area contributed by atoms with E-state index < -0.39 is 6.03 Å². The summed E-state index contributed by atoms with van der Waals surface area (Å²) in [6.45, 7) is 10.6. The number of nitrogens with two attached hydrogens (primary N) is 1. The van der Waals surface area contributed by atoms with Crippen molar-refractivity contribution in [1.29, 1.82) is 0 Å². The van der Waals surface area contributed by atoms with Crippen LogP contribution < -0.4 is 21.1 Å². The van der Waals surface area contributed by atoms with Gasteiger partial charge in [0.1, 0.15) is 29.3 Å². The van der Waals surface area contributed by atoms with E-state index in [4.69, 9.17) is 20.1 Å². The van der Waals surface area contributed by atoms with Gasteiger partial charge >= 0.3 is 6.03 Å². The van der Waals surface area contributed by atoms with Crippen LogP contribution in [0.1, 0.15) is 58.3 Å². The summed E-state index contributed by atoms with van der Waals surface area (Å²) < 4.78 is 13.1. The molecule has 0 atom stereocenters. The molecule has 0 radical (unpaired) electrons. The molecule has 234 valence electrons. The molecule has 1 aliphatic carbocycles. The van der Waals surface area contributed by atoms with Gasteiger partial charge in [-0.1, -0.05) is 32.0 Å². The van der Waals surface area contributed by atoms with Gasteiger partial charge < -0.3 is 25.2 Å². The highest BCUT2D eigenvalue weighted by Crippen LogP contribution is 2.39. The van der Waals surface area contributed by atoms with Crippen molar-refractivity contribution in [2.75, 3.05) is 56.7 Å². The first-order chi connectivity index (χ1) is 21.1. The second-order valence-electron chi connectivity index (χ2n) is 12.9. The lowest BCUT2D eigenvalue weighted by Gasteiger charge is -2.41. The number of hydrogen-bond acceptors (Lipinski definition) is 10. The number of fused-ring (bicyclic) bond motifs is 1. The van der Waals surface area contributed by atoms with Crippen LogP contribution in [0.4, 0.5) is 22.1 Å². The average molecular weight is 603 g/mol. The number of nitrogens with one attached hydrogen (secondary N) is 2.